The molecule has 30 heavy (non-hydrogen) atoms. The molecule has 0 fully saturated rings. The fraction of sp³-hybridized carbons (Fsp3) is 0.250. The smallest absolute Gasteiger partial charge is 0.406 e. The predicted octanol–water partition coefficient (Wildman–Crippen LogP) is 2.24. The average molecular weight is 405 g/mol. The van der Waals surface area contributed by atoms with Gasteiger partial charge in [-0.25, -0.2) is 14.8 Å². The summed E-state index contributed by atoms with van der Waals surface area (Å²) in [6.07, 6.45) is 2.36. The third-order valence-electron chi connectivity index (χ3n) is 4.61. The Bertz CT molecular complexity index is 1310. The second-order valence-corrected chi connectivity index (χ2v) is 7.48. The molecule has 10 heteroatoms. The molecule has 10 nitrogen and oxygen atoms in total. The summed E-state index contributed by atoms with van der Waals surface area (Å²) < 4.78 is 7.04. The fourth-order valence-electron chi connectivity index (χ4n) is 3.02. The van der Waals surface area contributed by atoms with Crippen molar-refractivity contribution < 1.29 is 14.6 Å². The average Bonchev–Trinajstić information content (AvgIpc) is 3.27. The van der Waals surface area contributed by atoms with Gasteiger partial charge in [0.05, 0.1) is 35.5 Å². The van der Waals surface area contributed by atoms with E-state index in [0.717, 1.165) is 10.9 Å². The zero-order valence-corrected chi connectivity index (χ0v) is 16.6. The van der Waals surface area contributed by atoms with E-state index in [0.29, 0.717) is 28.1 Å². The van der Waals surface area contributed by atoms with Crippen LogP contribution < -0.4 is 10.1 Å². The number of benzene rings is 1. The second-order valence-electron chi connectivity index (χ2n) is 7.48. The lowest BCUT2D eigenvalue weighted by Crippen LogP contribution is -2.47. The lowest BCUT2D eigenvalue weighted by molar-refractivity contribution is 0.159. The van der Waals surface area contributed by atoms with Crippen LogP contribution in [0.3, 0.4) is 0 Å². The normalized spacial score (nSPS) is 11.6. The van der Waals surface area contributed by atoms with Gasteiger partial charge in [-0.1, -0.05) is 0 Å². The van der Waals surface area contributed by atoms with E-state index in [1.165, 1.54) is 6.20 Å². The van der Waals surface area contributed by atoms with Crippen LogP contribution in [0.2, 0.25) is 0 Å². The third-order valence-corrected chi connectivity index (χ3v) is 4.61. The molecule has 0 aliphatic carbocycles. The topological polar surface area (TPSA) is 142 Å². The molecule has 0 saturated carbocycles. The van der Waals surface area contributed by atoms with Crippen LogP contribution in [0.5, 0.6) is 5.75 Å². The number of hydrogen-bond acceptors (Lipinski definition) is 7. The third kappa shape index (κ3) is 3.42. The van der Waals surface area contributed by atoms with Gasteiger partial charge in [-0.3, -0.25) is 4.68 Å². The van der Waals surface area contributed by atoms with E-state index in [1.807, 2.05) is 6.07 Å². The van der Waals surface area contributed by atoms with Gasteiger partial charge in [0, 0.05) is 18.6 Å². The van der Waals surface area contributed by atoms with Crippen LogP contribution in [0.1, 0.15) is 19.4 Å². The highest BCUT2D eigenvalue weighted by atomic mass is 16.6. The molecule has 152 valence electrons. The van der Waals surface area contributed by atoms with Crippen LogP contribution in [-0.2, 0) is 7.05 Å². The van der Waals surface area contributed by atoms with Crippen molar-refractivity contribution in [3.8, 4) is 23.2 Å². The minimum absolute atomic E-state index is 0.206. The van der Waals surface area contributed by atoms with Gasteiger partial charge in [0.15, 0.2) is 16.9 Å². The minimum atomic E-state index is -0.824. The molecule has 3 N–H and O–H groups in total. The summed E-state index contributed by atoms with van der Waals surface area (Å²) >= 11 is 0. The first-order valence-electron chi connectivity index (χ1n) is 9.13. The lowest BCUT2D eigenvalue weighted by Gasteiger charge is -2.22. The summed E-state index contributed by atoms with van der Waals surface area (Å²) in [4.78, 5) is 24.0. The molecule has 0 unspecified atom stereocenters. The molecule has 3 heterocycles. The monoisotopic (exact) mass is 405 g/mol. The van der Waals surface area contributed by atoms with Gasteiger partial charge in [0.25, 0.3) is 0 Å². The van der Waals surface area contributed by atoms with Crippen molar-refractivity contribution in [2.75, 3.05) is 6.61 Å². The van der Waals surface area contributed by atoms with Gasteiger partial charge >= 0.3 is 6.09 Å². The number of aliphatic hydroxyl groups excluding tert-OH is 1. The maximum absolute atomic E-state index is 12.2. The number of aliphatic hydroxyl groups is 1. The van der Waals surface area contributed by atoms with Gasteiger partial charge in [-0.2, -0.15) is 10.4 Å². The Hall–Kier alpha value is -3.97. The number of carbonyl (C=O) groups excluding carboxylic acids is 1. The number of aryl methyl sites for hydroxylation is 1. The van der Waals surface area contributed by atoms with Crippen LogP contribution in [0.25, 0.3) is 33.5 Å². The molecule has 3 aromatic heterocycles. The molecule has 0 bridgehead atoms. The number of rotatable bonds is 4. The van der Waals surface area contributed by atoms with Crippen molar-refractivity contribution in [1.29, 1.82) is 5.26 Å². The molecule has 0 spiro atoms. The van der Waals surface area contributed by atoms with Crippen LogP contribution in [0.15, 0.2) is 30.6 Å². The molecule has 4 rings (SSSR count). The Morgan fingerprint density at radius 3 is 2.97 bits per heavy atom. The molecule has 1 aromatic carbocycles. The Kier molecular flexibility index (Phi) is 4.60. The Morgan fingerprint density at radius 1 is 1.43 bits per heavy atom. The van der Waals surface area contributed by atoms with Gasteiger partial charge in [0.1, 0.15) is 11.4 Å². The van der Waals surface area contributed by atoms with Crippen LogP contribution >= 0.6 is 0 Å². The number of nitrogens with one attached hydrogen (secondary N) is 2. The predicted molar refractivity (Wildman–Crippen MR) is 109 cm³/mol. The second kappa shape index (κ2) is 7.13. The summed E-state index contributed by atoms with van der Waals surface area (Å²) in [5.74, 6) is 0.206. The van der Waals surface area contributed by atoms with E-state index in [2.05, 4.69) is 31.4 Å². The molecular formula is C20H19N7O3. The van der Waals surface area contributed by atoms with Crippen molar-refractivity contribution in [3.05, 3.63) is 36.2 Å². The molecule has 4 aromatic rings. The summed E-state index contributed by atoms with van der Waals surface area (Å²) in [6, 6.07) is 7.42. The number of amides is 1. The van der Waals surface area contributed by atoms with Crippen molar-refractivity contribution in [3.63, 3.8) is 0 Å². The van der Waals surface area contributed by atoms with Gasteiger partial charge in [-0.05, 0) is 32.0 Å². The summed E-state index contributed by atoms with van der Waals surface area (Å²) in [5, 5.41) is 26.4. The lowest BCUT2D eigenvalue weighted by atomic mass is 10.1. The van der Waals surface area contributed by atoms with Crippen LogP contribution in [0, 0.1) is 11.3 Å². The number of aromatic nitrogens is 5. The maximum atomic E-state index is 12.2. The van der Waals surface area contributed by atoms with Gasteiger partial charge < -0.3 is 20.1 Å². The number of ether oxygens (including phenoxy) is 1. The Morgan fingerprint density at radius 2 is 2.23 bits per heavy atom. The number of nitrogens with zero attached hydrogens (tertiary/aromatic N) is 5. The number of fused-ring (bicyclic) bond motifs is 2. The van der Waals surface area contributed by atoms with E-state index in [9.17, 15) is 9.90 Å². The largest absolute Gasteiger partial charge is 0.413 e. The SMILES string of the molecule is Cn1nc(-c2cnc3[nH]cc(OC(=O)NC(C)(C)CO)c3n2)c2ccc(C#N)cc21. The van der Waals surface area contributed by atoms with Crippen molar-refractivity contribution >= 4 is 28.2 Å². The highest BCUT2D eigenvalue weighted by Gasteiger charge is 2.22. The molecule has 0 aliphatic heterocycles. The molecule has 1 amide bonds. The van der Waals surface area contributed by atoms with Crippen molar-refractivity contribution in [2.24, 2.45) is 7.05 Å². The van der Waals surface area contributed by atoms with Crippen molar-refractivity contribution in [2.45, 2.75) is 19.4 Å². The van der Waals surface area contributed by atoms with E-state index in [4.69, 9.17) is 10.00 Å². The fourth-order valence-corrected chi connectivity index (χ4v) is 3.02. The van der Waals surface area contributed by atoms with Crippen LogP contribution in [-0.4, -0.2) is 48.1 Å². The molecule has 0 saturated heterocycles. The Balaban J connectivity index is 1.73. The standard InChI is InChI=1S/C20H19N7O3/c1-20(2,10-28)25-19(29)30-15-9-23-18-17(15)24-13(8-22-18)16-12-5-4-11(7-21)6-14(12)27(3)26-16/h4-6,8-9,28H,10H2,1-3H3,(H,22,23)(H,25,29). The first-order valence-corrected chi connectivity index (χ1v) is 9.13. The van der Waals surface area contributed by atoms with Crippen LogP contribution in [0.4, 0.5) is 4.79 Å². The van der Waals surface area contributed by atoms with E-state index in [-0.39, 0.29) is 12.4 Å². The minimum Gasteiger partial charge on any atom is -0.406 e. The Labute approximate surface area is 171 Å². The number of carbonyl (C=O) groups is 1. The summed E-state index contributed by atoms with van der Waals surface area (Å²) in [5.41, 5.74) is 2.43. The summed E-state index contributed by atoms with van der Waals surface area (Å²) in [6.45, 7) is 3.11. The molecule has 0 radical (unpaired) electrons. The first kappa shape index (κ1) is 19.4. The number of H-pyrrole nitrogens is 1. The zero-order valence-electron chi connectivity index (χ0n) is 16.6. The first-order chi connectivity index (χ1) is 14.3. The molecular weight excluding hydrogens is 386 g/mol. The van der Waals surface area contributed by atoms with E-state index in [1.54, 1.807) is 43.9 Å². The van der Waals surface area contributed by atoms with E-state index < -0.39 is 11.6 Å². The highest BCUT2D eigenvalue weighted by molar-refractivity contribution is 5.94. The number of nitriles is 1. The van der Waals surface area contributed by atoms with Crippen molar-refractivity contribution in [1.82, 2.24) is 30.0 Å². The number of hydrogen-bond donors (Lipinski definition) is 3. The maximum Gasteiger partial charge on any atom is 0.413 e. The zero-order chi connectivity index (χ0) is 21.5. The quantitative estimate of drug-likeness (QED) is 0.473. The van der Waals surface area contributed by atoms with Gasteiger partial charge in [0.2, 0.25) is 0 Å². The van der Waals surface area contributed by atoms with Gasteiger partial charge in [-0.15, -0.1) is 0 Å². The molecule has 0 atom stereocenters. The number of aromatic amines is 1. The highest BCUT2D eigenvalue weighted by Crippen LogP contribution is 2.30. The summed E-state index contributed by atoms with van der Waals surface area (Å²) in [7, 11) is 1.79. The van der Waals surface area contributed by atoms with E-state index >= 15 is 0 Å². The molecule has 0 aliphatic rings.